The van der Waals surface area contributed by atoms with Gasteiger partial charge in [-0.25, -0.2) is 4.79 Å². The Morgan fingerprint density at radius 2 is 1.88 bits per heavy atom. The molecule has 2 aromatic carbocycles. The van der Waals surface area contributed by atoms with Gasteiger partial charge in [0.25, 0.3) is 5.91 Å². The highest BCUT2D eigenvalue weighted by Gasteiger charge is 2.21. The van der Waals surface area contributed by atoms with Crippen molar-refractivity contribution in [3.63, 3.8) is 0 Å². The molecule has 1 fully saturated rings. The monoisotopic (exact) mass is 436 g/mol. The number of aliphatic hydroxyl groups excluding tert-OH is 1. The van der Waals surface area contributed by atoms with E-state index in [1.54, 1.807) is 47.4 Å². The van der Waals surface area contributed by atoms with Crippen molar-refractivity contribution in [2.45, 2.75) is 25.4 Å². The van der Waals surface area contributed by atoms with Gasteiger partial charge in [-0.3, -0.25) is 9.59 Å². The molecule has 0 bridgehead atoms. The van der Waals surface area contributed by atoms with Crippen LogP contribution in [0.5, 0.6) is 5.75 Å². The average molecular weight is 436 g/mol. The van der Waals surface area contributed by atoms with E-state index in [4.69, 9.17) is 9.15 Å². The lowest BCUT2D eigenvalue weighted by Crippen LogP contribution is -2.40. The van der Waals surface area contributed by atoms with Gasteiger partial charge in [0, 0.05) is 24.2 Å². The van der Waals surface area contributed by atoms with Crippen molar-refractivity contribution >= 4 is 28.5 Å². The number of ether oxygens (including phenoxy) is 1. The molecule has 1 aliphatic rings. The van der Waals surface area contributed by atoms with Crippen molar-refractivity contribution in [2.24, 2.45) is 0 Å². The van der Waals surface area contributed by atoms with Gasteiger partial charge in [0.1, 0.15) is 5.56 Å². The molecule has 32 heavy (non-hydrogen) atoms. The zero-order valence-electron chi connectivity index (χ0n) is 17.7. The fourth-order valence-corrected chi connectivity index (χ4v) is 3.74. The van der Waals surface area contributed by atoms with E-state index in [0.29, 0.717) is 42.8 Å². The first-order valence-electron chi connectivity index (χ1n) is 10.4. The fraction of sp³-hybridized carbons (Fsp3) is 0.292. The number of likely N-dealkylation sites (tertiary alicyclic amines) is 1. The third-order valence-electron chi connectivity index (χ3n) is 5.57. The van der Waals surface area contributed by atoms with E-state index < -0.39 is 11.5 Å². The van der Waals surface area contributed by atoms with Gasteiger partial charge >= 0.3 is 5.63 Å². The third kappa shape index (κ3) is 4.65. The van der Waals surface area contributed by atoms with Crippen molar-refractivity contribution < 1.29 is 23.8 Å². The second-order valence-corrected chi connectivity index (χ2v) is 7.77. The number of aliphatic hydroxyl groups is 1. The molecule has 0 saturated carbocycles. The van der Waals surface area contributed by atoms with Crippen molar-refractivity contribution in [1.82, 2.24) is 4.90 Å². The van der Waals surface area contributed by atoms with Gasteiger partial charge in [-0.1, -0.05) is 24.3 Å². The van der Waals surface area contributed by atoms with Crippen molar-refractivity contribution in [2.75, 3.05) is 25.5 Å². The SMILES string of the molecule is COc1cccc2cc(C(=O)Nc3ccc(CC(=O)N4CCC(O)CC4)cc3)c(=O)oc12. The van der Waals surface area contributed by atoms with Crippen molar-refractivity contribution in [1.29, 1.82) is 0 Å². The molecule has 8 nitrogen and oxygen atoms in total. The van der Waals surface area contributed by atoms with E-state index in [1.807, 2.05) is 0 Å². The minimum atomic E-state index is -0.756. The molecule has 3 aromatic rings. The number of nitrogens with one attached hydrogen (secondary N) is 1. The van der Waals surface area contributed by atoms with E-state index in [1.165, 1.54) is 13.2 Å². The maximum atomic E-state index is 12.6. The lowest BCUT2D eigenvalue weighted by molar-refractivity contribution is -0.132. The molecule has 0 radical (unpaired) electrons. The smallest absolute Gasteiger partial charge is 0.349 e. The first-order valence-corrected chi connectivity index (χ1v) is 10.4. The number of methoxy groups -OCH3 is 1. The summed E-state index contributed by atoms with van der Waals surface area (Å²) in [5.41, 5.74) is 0.730. The molecule has 2 heterocycles. The van der Waals surface area contributed by atoms with Gasteiger partial charge in [0.2, 0.25) is 5.91 Å². The Morgan fingerprint density at radius 1 is 1.16 bits per heavy atom. The summed E-state index contributed by atoms with van der Waals surface area (Å²) in [7, 11) is 1.48. The van der Waals surface area contributed by atoms with E-state index >= 15 is 0 Å². The molecule has 2 amide bonds. The molecule has 1 saturated heterocycles. The average Bonchev–Trinajstić information content (AvgIpc) is 2.80. The number of benzene rings is 2. The highest BCUT2D eigenvalue weighted by atomic mass is 16.5. The van der Waals surface area contributed by atoms with Crippen LogP contribution in [0, 0.1) is 0 Å². The van der Waals surface area contributed by atoms with Crippen LogP contribution in [0.2, 0.25) is 0 Å². The fourth-order valence-electron chi connectivity index (χ4n) is 3.74. The van der Waals surface area contributed by atoms with Gasteiger partial charge < -0.3 is 24.5 Å². The number of piperidine rings is 1. The van der Waals surface area contributed by atoms with Crippen molar-refractivity contribution in [3.8, 4) is 5.75 Å². The largest absolute Gasteiger partial charge is 0.493 e. The number of amides is 2. The minimum Gasteiger partial charge on any atom is -0.493 e. The molecule has 2 N–H and O–H groups in total. The van der Waals surface area contributed by atoms with Gasteiger partial charge in [0.15, 0.2) is 11.3 Å². The molecule has 0 spiro atoms. The maximum Gasteiger partial charge on any atom is 0.349 e. The number of carbonyl (C=O) groups excluding carboxylic acids is 2. The van der Waals surface area contributed by atoms with Crippen LogP contribution >= 0.6 is 0 Å². The Hall–Kier alpha value is -3.65. The van der Waals surface area contributed by atoms with Crippen LogP contribution in [0.3, 0.4) is 0 Å². The predicted octanol–water partition coefficient (Wildman–Crippen LogP) is 2.58. The Morgan fingerprint density at radius 3 is 2.56 bits per heavy atom. The molecule has 8 heteroatoms. The quantitative estimate of drug-likeness (QED) is 0.595. The van der Waals surface area contributed by atoms with Gasteiger partial charge in [-0.05, 0) is 42.7 Å². The molecular formula is C24H24N2O6. The van der Waals surface area contributed by atoms with Crippen LogP contribution in [0.25, 0.3) is 11.0 Å². The lowest BCUT2D eigenvalue weighted by Gasteiger charge is -2.29. The summed E-state index contributed by atoms with van der Waals surface area (Å²) in [4.78, 5) is 39.2. The number of para-hydroxylation sites is 1. The molecule has 166 valence electrons. The summed E-state index contributed by atoms with van der Waals surface area (Å²) < 4.78 is 10.5. The Kier molecular flexibility index (Phi) is 6.23. The van der Waals surface area contributed by atoms with Crippen LogP contribution in [0.4, 0.5) is 5.69 Å². The van der Waals surface area contributed by atoms with Crippen LogP contribution in [0.1, 0.15) is 28.8 Å². The summed E-state index contributed by atoms with van der Waals surface area (Å²) >= 11 is 0. The number of rotatable bonds is 5. The Bertz CT molecular complexity index is 1190. The number of anilines is 1. The third-order valence-corrected chi connectivity index (χ3v) is 5.57. The second-order valence-electron chi connectivity index (χ2n) is 7.77. The van der Waals surface area contributed by atoms with E-state index in [0.717, 1.165) is 5.56 Å². The van der Waals surface area contributed by atoms with Crippen LogP contribution in [-0.2, 0) is 11.2 Å². The van der Waals surface area contributed by atoms with Crippen LogP contribution in [-0.4, -0.2) is 48.1 Å². The molecule has 0 atom stereocenters. The first-order chi connectivity index (χ1) is 15.4. The molecule has 4 rings (SSSR count). The number of hydrogen-bond donors (Lipinski definition) is 2. The van der Waals surface area contributed by atoms with Gasteiger partial charge in [0.05, 0.1) is 19.6 Å². The summed E-state index contributed by atoms with van der Waals surface area (Å²) in [6.45, 7) is 1.13. The summed E-state index contributed by atoms with van der Waals surface area (Å²) in [5.74, 6) is -0.158. The van der Waals surface area contributed by atoms with E-state index in [2.05, 4.69) is 5.32 Å². The maximum absolute atomic E-state index is 12.6. The number of nitrogens with zero attached hydrogens (tertiary/aromatic N) is 1. The molecule has 0 unspecified atom stereocenters. The van der Waals surface area contributed by atoms with Crippen LogP contribution in [0.15, 0.2) is 57.7 Å². The first kappa shape index (κ1) is 21.6. The molecule has 1 aromatic heterocycles. The molecule has 1 aliphatic heterocycles. The highest BCUT2D eigenvalue weighted by molar-refractivity contribution is 6.05. The standard InChI is InChI=1S/C24H24N2O6/c1-31-20-4-2-3-16-14-19(24(30)32-22(16)20)23(29)25-17-7-5-15(6-8-17)13-21(28)26-11-9-18(27)10-12-26/h2-8,14,18,27H,9-13H2,1H3,(H,25,29). The van der Waals surface area contributed by atoms with E-state index in [-0.39, 0.29) is 29.6 Å². The number of hydrogen-bond acceptors (Lipinski definition) is 6. The van der Waals surface area contributed by atoms with Crippen molar-refractivity contribution in [3.05, 3.63) is 70.1 Å². The highest BCUT2D eigenvalue weighted by Crippen LogP contribution is 2.24. The lowest BCUT2D eigenvalue weighted by atomic mass is 10.1. The summed E-state index contributed by atoms with van der Waals surface area (Å²) in [6, 6.07) is 13.5. The van der Waals surface area contributed by atoms with Gasteiger partial charge in [-0.2, -0.15) is 0 Å². The van der Waals surface area contributed by atoms with E-state index in [9.17, 15) is 19.5 Å². The Balaban J connectivity index is 1.43. The zero-order valence-corrected chi connectivity index (χ0v) is 17.7. The Labute approximate surface area is 184 Å². The zero-order chi connectivity index (χ0) is 22.7. The summed E-state index contributed by atoms with van der Waals surface area (Å²) in [5, 5.41) is 12.8. The number of carbonyl (C=O) groups is 2. The molecule has 0 aliphatic carbocycles. The number of fused-ring (bicyclic) bond motifs is 1. The predicted molar refractivity (Wildman–Crippen MR) is 119 cm³/mol. The second kappa shape index (κ2) is 9.23. The normalized spacial score (nSPS) is 14.4. The van der Waals surface area contributed by atoms with Crippen LogP contribution < -0.4 is 15.7 Å². The summed E-state index contributed by atoms with van der Waals surface area (Å²) in [6.07, 6.45) is 1.13. The molecular weight excluding hydrogens is 412 g/mol. The van der Waals surface area contributed by atoms with Gasteiger partial charge in [-0.15, -0.1) is 0 Å². The topological polar surface area (TPSA) is 109 Å². The minimum absolute atomic E-state index is 0.0119.